The third kappa shape index (κ3) is 3.30. The Labute approximate surface area is 182 Å². The Morgan fingerprint density at radius 2 is 1.97 bits per heavy atom. The molecule has 1 aliphatic carbocycles. The van der Waals surface area contributed by atoms with Gasteiger partial charge in [-0.1, -0.05) is 18.9 Å². The number of anilines is 4. The van der Waals surface area contributed by atoms with Crippen molar-refractivity contribution in [2.75, 3.05) is 28.7 Å². The first-order valence-electron chi connectivity index (χ1n) is 10.9. The van der Waals surface area contributed by atoms with Gasteiger partial charge in [-0.2, -0.15) is 4.98 Å². The van der Waals surface area contributed by atoms with Crippen LogP contribution in [0, 0.1) is 5.41 Å². The smallest absolute Gasteiger partial charge is 0.251 e. The molecule has 0 atom stereocenters. The third-order valence-corrected chi connectivity index (χ3v) is 6.69. The van der Waals surface area contributed by atoms with Crippen LogP contribution in [-0.2, 0) is 11.3 Å². The van der Waals surface area contributed by atoms with Crippen LogP contribution in [-0.4, -0.2) is 41.4 Å². The summed E-state index contributed by atoms with van der Waals surface area (Å²) in [4.78, 5) is 38.5. The quantitative estimate of drug-likeness (QED) is 0.792. The lowest BCUT2D eigenvalue weighted by molar-refractivity contribution is -0.125. The molecule has 1 saturated carbocycles. The van der Waals surface area contributed by atoms with E-state index >= 15 is 0 Å². The van der Waals surface area contributed by atoms with Gasteiger partial charge in [0, 0.05) is 43.0 Å². The van der Waals surface area contributed by atoms with Gasteiger partial charge in [0.25, 0.3) is 5.91 Å². The van der Waals surface area contributed by atoms with Crippen molar-refractivity contribution in [2.45, 2.75) is 52.1 Å². The van der Waals surface area contributed by atoms with Crippen LogP contribution < -0.4 is 20.4 Å². The molecule has 2 amide bonds. The summed E-state index contributed by atoms with van der Waals surface area (Å²) in [5.41, 5.74) is 2.65. The Morgan fingerprint density at radius 3 is 2.74 bits per heavy atom. The number of carbonyl (C=O) groups is 2. The molecule has 3 heterocycles. The minimum absolute atomic E-state index is 0.0590. The first kappa shape index (κ1) is 19.8. The Hall–Kier alpha value is -3.16. The van der Waals surface area contributed by atoms with E-state index in [4.69, 9.17) is 4.98 Å². The molecule has 1 aromatic carbocycles. The zero-order chi connectivity index (χ0) is 21.8. The van der Waals surface area contributed by atoms with Crippen molar-refractivity contribution >= 4 is 35.0 Å². The Kier molecular flexibility index (Phi) is 4.60. The Balaban J connectivity index is 1.55. The van der Waals surface area contributed by atoms with E-state index in [1.54, 1.807) is 18.1 Å². The summed E-state index contributed by atoms with van der Waals surface area (Å²) in [5.74, 6) is 1.28. The van der Waals surface area contributed by atoms with E-state index in [0.717, 1.165) is 35.6 Å². The highest BCUT2D eigenvalue weighted by atomic mass is 16.2. The molecule has 0 spiro atoms. The molecular formula is C23H28N6O2. The highest BCUT2D eigenvalue weighted by molar-refractivity contribution is 6.01. The van der Waals surface area contributed by atoms with Crippen molar-refractivity contribution < 1.29 is 9.59 Å². The number of benzene rings is 1. The van der Waals surface area contributed by atoms with Gasteiger partial charge < -0.3 is 20.4 Å². The van der Waals surface area contributed by atoms with Gasteiger partial charge in [0.15, 0.2) is 5.82 Å². The molecule has 1 fully saturated rings. The highest BCUT2D eigenvalue weighted by Crippen LogP contribution is 2.40. The molecule has 0 bridgehead atoms. The van der Waals surface area contributed by atoms with E-state index in [0.29, 0.717) is 30.6 Å². The summed E-state index contributed by atoms with van der Waals surface area (Å²) in [7, 11) is 1.80. The molecule has 3 aliphatic rings. The van der Waals surface area contributed by atoms with Gasteiger partial charge in [0.05, 0.1) is 11.6 Å². The lowest BCUT2D eigenvalue weighted by Crippen LogP contribution is -2.45. The van der Waals surface area contributed by atoms with Crippen molar-refractivity contribution in [3.8, 4) is 0 Å². The third-order valence-electron chi connectivity index (χ3n) is 6.69. The molecule has 0 radical (unpaired) electrons. The minimum atomic E-state index is -0.516. The molecular weight excluding hydrogens is 392 g/mol. The van der Waals surface area contributed by atoms with Crippen LogP contribution in [0.1, 0.15) is 55.5 Å². The van der Waals surface area contributed by atoms with E-state index in [9.17, 15) is 9.59 Å². The van der Waals surface area contributed by atoms with Crippen molar-refractivity contribution in [1.82, 2.24) is 15.3 Å². The number of hydrogen-bond donors (Lipinski definition) is 2. The Morgan fingerprint density at radius 1 is 1.19 bits per heavy atom. The average molecular weight is 421 g/mol. The maximum Gasteiger partial charge on any atom is 0.251 e. The zero-order valence-electron chi connectivity index (χ0n) is 18.2. The normalized spacial score (nSPS) is 20.4. The fraction of sp³-hybridized carbons (Fsp3) is 0.478. The first-order chi connectivity index (χ1) is 14.8. The molecule has 2 N–H and O–H groups in total. The molecule has 162 valence electrons. The zero-order valence-corrected chi connectivity index (χ0v) is 18.2. The molecule has 1 aromatic heterocycles. The van der Waals surface area contributed by atoms with Gasteiger partial charge >= 0.3 is 0 Å². The second-order valence-electron chi connectivity index (χ2n) is 9.36. The predicted molar refractivity (Wildman–Crippen MR) is 120 cm³/mol. The minimum Gasteiger partial charge on any atom is -0.351 e. The van der Waals surface area contributed by atoms with Crippen molar-refractivity contribution in [3.05, 3.63) is 35.5 Å². The molecule has 8 nitrogen and oxygen atoms in total. The summed E-state index contributed by atoms with van der Waals surface area (Å²) in [5, 5.41) is 6.17. The topological polar surface area (TPSA) is 90.5 Å². The number of nitrogens with one attached hydrogen (secondary N) is 2. The number of fused-ring (bicyclic) bond motifs is 2. The number of carbonyl (C=O) groups excluding carboxylic acids is 2. The van der Waals surface area contributed by atoms with Crippen LogP contribution in [0.15, 0.2) is 24.4 Å². The van der Waals surface area contributed by atoms with Gasteiger partial charge in [0.2, 0.25) is 11.9 Å². The van der Waals surface area contributed by atoms with Crippen LogP contribution in [0.2, 0.25) is 0 Å². The van der Waals surface area contributed by atoms with Crippen LogP contribution in [0.25, 0.3) is 0 Å². The van der Waals surface area contributed by atoms with Gasteiger partial charge in [0.1, 0.15) is 5.69 Å². The number of hydrogen-bond acceptors (Lipinski definition) is 6. The predicted octanol–water partition coefficient (Wildman–Crippen LogP) is 3.22. The van der Waals surface area contributed by atoms with Gasteiger partial charge in [-0.05, 0) is 38.8 Å². The summed E-state index contributed by atoms with van der Waals surface area (Å²) in [6, 6.07) is 5.99. The average Bonchev–Trinajstić information content (AvgIpc) is 3.40. The molecule has 31 heavy (non-hydrogen) atoms. The van der Waals surface area contributed by atoms with E-state index in [1.807, 2.05) is 32.0 Å². The van der Waals surface area contributed by atoms with Gasteiger partial charge in [-0.25, -0.2) is 4.98 Å². The first-order valence-corrected chi connectivity index (χ1v) is 10.9. The largest absolute Gasteiger partial charge is 0.351 e. The van der Waals surface area contributed by atoms with E-state index in [2.05, 4.69) is 20.5 Å². The lowest BCUT2D eigenvalue weighted by Gasteiger charge is -2.34. The number of aromatic nitrogens is 2. The SMILES string of the molecule is CN1C(=O)C(C)(C)CN(C2CCCC2)c2nc(Nc3cccc4c3CNC4=O)ncc21. The second-order valence-corrected chi connectivity index (χ2v) is 9.36. The molecule has 2 aromatic rings. The summed E-state index contributed by atoms with van der Waals surface area (Å²) in [6.07, 6.45) is 6.36. The van der Waals surface area contributed by atoms with Crippen LogP contribution in [0.4, 0.5) is 23.1 Å². The number of rotatable bonds is 3. The van der Waals surface area contributed by atoms with Crippen LogP contribution >= 0.6 is 0 Å². The van der Waals surface area contributed by atoms with Crippen molar-refractivity contribution in [2.24, 2.45) is 5.41 Å². The fourth-order valence-corrected chi connectivity index (χ4v) is 5.02. The van der Waals surface area contributed by atoms with Crippen LogP contribution in [0.3, 0.4) is 0 Å². The Bertz CT molecular complexity index is 1060. The van der Waals surface area contributed by atoms with Gasteiger partial charge in [-0.3, -0.25) is 9.59 Å². The number of amides is 2. The molecule has 8 heteroatoms. The standard InChI is InChI=1S/C23H28N6O2/c1-23(2)13-29(14-7-4-5-8-14)19-18(28(3)21(23)31)12-25-22(27-19)26-17-10-6-9-15-16(17)11-24-20(15)30/h6,9-10,12,14H,4-5,7-8,11,13H2,1-3H3,(H,24,30)(H,25,26,27). The summed E-state index contributed by atoms with van der Waals surface area (Å²) >= 11 is 0. The molecule has 2 aliphatic heterocycles. The van der Waals surface area contributed by atoms with E-state index in [-0.39, 0.29) is 11.8 Å². The second kappa shape index (κ2) is 7.21. The maximum absolute atomic E-state index is 13.1. The van der Waals surface area contributed by atoms with E-state index < -0.39 is 5.41 Å². The maximum atomic E-state index is 13.1. The monoisotopic (exact) mass is 420 g/mol. The summed E-state index contributed by atoms with van der Waals surface area (Å²) in [6.45, 7) is 5.12. The van der Waals surface area contributed by atoms with Crippen molar-refractivity contribution in [1.29, 1.82) is 0 Å². The van der Waals surface area contributed by atoms with Gasteiger partial charge in [-0.15, -0.1) is 0 Å². The highest BCUT2D eigenvalue weighted by Gasteiger charge is 2.41. The summed E-state index contributed by atoms with van der Waals surface area (Å²) < 4.78 is 0. The molecule has 0 unspecified atom stereocenters. The molecule has 0 saturated heterocycles. The molecule has 5 rings (SSSR count). The van der Waals surface area contributed by atoms with Crippen LogP contribution in [0.5, 0.6) is 0 Å². The lowest BCUT2D eigenvalue weighted by atomic mass is 9.91. The number of nitrogens with zero attached hydrogens (tertiary/aromatic N) is 4. The van der Waals surface area contributed by atoms with Crippen molar-refractivity contribution in [3.63, 3.8) is 0 Å². The van der Waals surface area contributed by atoms with E-state index in [1.165, 1.54) is 12.8 Å². The fourth-order valence-electron chi connectivity index (χ4n) is 5.02.